The van der Waals surface area contributed by atoms with Gasteiger partial charge in [0.1, 0.15) is 0 Å². The second-order valence-corrected chi connectivity index (χ2v) is 6.70. The maximum Gasteiger partial charge on any atom is 0.222 e. The Morgan fingerprint density at radius 2 is 1.92 bits per heavy atom. The van der Waals surface area contributed by atoms with E-state index in [0.717, 1.165) is 50.3 Å². The fraction of sp³-hybridized carbons (Fsp3) is 0.500. The first kappa shape index (κ1) is 22.7. The second kappa shape index (κ2) is 11.4. The van der Waals surface area contributed by atoms with Crippen molar-refractivity contribution in [1.82, 2.24) is 15.2 Å². The molecule has 1 amide bonds. The number of nitrogens with one attached hydrogen (secondary N) is 1. The number of para-hydroxylation sites is 1. The Morgan fingerprint density at radius 3 is 2.65 bits per heavy atom. The third-order valence-electron chi connectivity index (χ3n) is 5.12. The van der Waals surface area contributed by atoms with Crippen molar-refractivity contribution in [3.05, 3.63) is 42.1 Å². The molecular formula is C20H29Cl2N3O. The molecule has 1 aromatic heterocycles. The quantitative estimate of drug-likeness (QED) is 0.804. The smallest absolute Gasteiger partial charge is 0.222 e. The van der Waals surface area contributed by atoms with Crippen LogP contribution in [0.4, 0.5) is 0 Å². The number of piperidine rings is 1. The van der Waals surface area contributed by atoms with Crippen molar-refractivity contribution in [2.75, 3.05) is 26.7 Å². The van der Waals surface area contributed by atoms with E-state index in [4.69, 9.17) is 0 Å². The van der Waals surface area contributed by atoms with Gasteiger partial charge in [0.2, 0.25) is 5.91 Å². The molecule has 6 heteroatoms. The van der Waals surface area contributed by atoms with Crippen LogP contribution in [0.25, 0.3) is 10.9 Å². The zero-order chi connectivity index (χ0) is 16.8. The minimum Gasteiger partial charge on any atom is -0.343 e. The number of nitrogens with zero attached hydrogens (tertiary/aromatic N) is 2. The molecule has 0 saturated carbocycles. The van der Waals surface area contributed by atoms with Crippen molar-refractivity contribution in [2.45, 2.75) is 32.1 Å². The highest BCUT2D eigenvalue weighted by atomic mass is 35.5. The lowest BCUT2D eigenvalue weighted by Crippen LogP contribution is -2.39. The summed E-state index contributed by atoms with van der Waals surface area (Å²) in [5.41, 5.74) is 2.23. The minimum absolute atomic E-state index is 0. The monoisotopic (exact) mass is 397 g/mol. The molecule has 4 nitrogen and oxygen atoms in total. The number of likely N-dealkylation sites (tertiary alicyclic amines) is 1. The maximum absolute atomic E-state index is 12.5. The molecule has 0 radical (unpaired) electrons. The number of aryl methyl sites for hydroxylation is 1. The van der Waals surface area contributed by atoms with Crippen molar-refractivity contribution in [2.24, 2.45) is 5.92 Å². The molecule has 3 rings (SSSR count). The van der Waals surface area contributed by atoms with E-state index in [1.807, 2.05) is 37.5 Å². The Bertz CT molecular complexity index is 682. The number of pyridine rings is 1. The highest BCUT2D eigenvalue weighted by Crippen LogP contribution is 2.22. The third-order valence-corrected chi connectivity index (χ3v) is 5.12. The summed E-state index contributed by atoms with van der Waals surface area (Å²) < 4.78 is 0. The van der Waals surface area contributed by atoms with E-state index in [9.17, 15) is 4.79 Å². The number of hydrogen-bond donors (Lipinski definition) is 1. The molecule has 1 aliphatic rings. The van der Waals surface area contributed by atoms with E-state index in [1.54, 1.807) is 0 Å². The summed E-state index contributed by atoms with van der Waals surface area (Å²) in [5.74, 6) is 1.06. The summed E-state index contributed by atoms with van der Waals surface area (Å²) in [6.45, 7) is 2.92. The van der Waals surface area contributed by atoms with Gasteiger partial charge in [0.25, 0.3) is 0 Å². The van der Waals surface area contributed by atoms with E-state index < -0.39 is 0 Å². The van der Waals surface area contributed by atoms with Gasteiger partial charge in [0, 0.05) is 31.1 Å². The van der Waals surface area contributed by atoms with Gasteiger partial charge in [-0.2, -0.15) is 0 Å². The summed E-state index contributed by atoms with van der Waals surface area (Å²) in [7, 11) is 2.00. The van der Waals surface area contributed by atoms with Crippen LogP contribution in [-0.2, 0) is 11.2 Å². The zero-order valence-electron chi connectivity index (χ0n) is 15.3. The van der Waals surface area contributed by atoms with Gasteiger partial charge in [0.05, 0.1) is 5.52 Å². The average Bonchev–Trinajstić information content (AvgIpc) is 2.64. The van der Waals surface area contributed by atoms with Gasteiger partial charge in [0.15, 0.2) is 0 Å². The normalized spacial score (nSPS) is 14.6. The van der Waals surface area contributed by atoms with Gasteiger partial charge in [-0.1, -0.05) is 18.2 Å². The third kappa shape index (κ3) is 5.83. The number of carbonyl (C=O) groups excluding carboxylic acids is 1. The molecule has 1 saturated heterocycles. The van der Waals surface area contributed by atoms with Crippen molar-refractivity contribution in [3.8, 4) is 0 Å². The first-order chi connectivity index (χ1) is 11.8. The molecular weight excluding hydrogens is 369 g/mol. The van der Waals surface area contributed by atoms with Gasteiger partial charge in [-0.15, -0.1) is 24.8 Å². The molecule has 1 N–H and O–H groups in total. The predicted molar refractivity (Wildman–Crippen MR) is 112 cm³/mol. The van der Waals surface area contributed by atoms with E-state index in [0.29, 0.717) is 12.3 Å². The number of aromatic nitrogens is 1. The molecule has 2 aromatic rings. The van der Waals surface area contributed by atoms with Gasteiger partial charge in [-0.25, -0.2) is 0 Å². The van der Waals surface area contributed by atoms with Crippen LogP contribution in [0, 0.1) is 5.92 Å². The Labute approximate surface area is 168 Å². The van der Waals surface area contributed by atoms with Gasteiger partial charge < -0.3 is 10.2 Å². The van der Waals surface area contributed by atoms with Crippen molar-refractivity contribution in [1.29, 1.82) is 0 Å². The van der Waals surface area contributed by atoms with Crippen LogP contribution >= 0.6 is 24.8 Å². The molecule has 2 heterocycles. The number of carbonyl (C=O) groups is 1. The summed E-state index contributed by atoms with van der Waals surface area (Å²) in [5, 5.41) is 4.38. The van der Waals surface area contributed by atoms with E-state index in [1.165, 1.54) is 17.4 Å². The highest BCUT2D eigenvalue weighted by Gasteiger charge is 2.22. The molecule has 0 aliphatic carbocycles. The topological polar surface area (TPSA) is 45.2 Å². The van der Waals surface area contributed by atoms with Crippen LogP contribution in [0.1, 0.15) is 31.2 Å². The van der Waals surface area contributed by atoms with E-state index in [-0.39, 0.29) is 24.8 Å². The van der Waals surface area contributed by atoms with E-state index in [2.05, 4.69) is 21.3 Å². The second-order valence-electron chi connectivity index (χ2n) is 6.70. The number of benzene rings is 1. The summed E-state index contributed by atoms with van der Waals surface area (Å²) in [6, 6.07) is 10.2. The molecule has 144 valence electrons. The largest absolute Gasteiger partial charge is 0.343 e. The first-order valence-electron chi connectivity index (χ1n) is 9.03. The molecule has 1 aliphatic heterocycles. The average molecular weight is 398 g/mol. The number of rotatable bonds is 6. The lowest BCUT2D eigenvalue weighted by molar-refractivity contribution is -0.132. The Kier molecular flexibility index (Phi) is 9.92. The Hall–Kier alpha value is -1.36. The van der Waals surface area contributed by atoms with Crippen LogP contribution in [0.2, 0.25) is 0 Å². The van der Waals surface area contributed by atoms with Crippen LogP contribution < -0.4 is 5.32 Å². The summed E-state index contributed by atoms with van der Waals surface area (Å²) >= 11 is 0. The maximum atomic E-state index is 12.5. The standard InChI is InChI=1S/C20H27N3O.2ClH/c1-21-12-8-16-10-14-23(15-11-16)20(24)7-6-17-9-13-22-19-5-3-2-4-18(17)19;;/h2-5,9,13,16,21H,6-8,10-12,14-15H2,1H3;2*1H. The van der Waals surface area contributed by atoms with Crippen LogP contribution in [-0.4, -0.2) is 42.5 Å². The molecule has 0 bridgehead atoms. The van der Waals surface area contributed by atoms with Crippen molar-refractivity contribution >= 4 is 41.6 Å². The lowest BCUT2D eigenvalue weighted by atomic mass is 9.93. The van der Waals surface area contributed by atoms with Crippen molar-refractivity contribution < 1.29 is 4.79 Å². The lowest BCUT2D eigenvalue weighted by Gasteiger charge is -2.32. The van der Waals surface area contributed by atoms with E-state index >= 15 is 0 Å². The minimum atomic E-state index is 0. The number of hydrogen-bond acceptors (Lipinski definition) is 3. The number of halogens is 2. The fourth-order valence-electron chi connectivity index (χ4n) is 3.59. The SMILES string of the molecule is CNCCC1CCN(C(=O)CCc2ccnc3ccccc23)CC1.Cl.Cl. The molecule has 1 aromatic carbocycles. The van der Waals surface area contributed by atoms with Crippen LogP contribution in [0.3, 0.4) is 0 Å². The van der Waals surface area contributed by atoms with Gasteiger partial charge in [-0.3, -0.25) is 9.78 Å². The predicted octanol–water partition coefficient (Wildman–Crippen LogP) is 3.86. The van der Waals surface area contributed by atoms with Gasteiger partial charge in [-0.05, 0) is 62.9 Å². The van der Waals surface area contributed by atoms with Crippen LogP contribution in [0.5, 0.6) is 0 Å². The first-order valence-corrected chi connectivity index (χ1v) is 9.03. The molecule has 1 fully saturated rings. The number of amides is 1. The van der Waals surface area contributed by atoms with Crippen molar-refractivity contribution in [3.63, 3.8) is 0 Å². The molecule has 0 atom stereocenters. The summed E-state index contributed by atoms with van der Waals surface area (Å²) in [4.78, 5) is 19.0. The van der Waals surface area contributed by atoms with Crippen LogP contribution in [0.15, 0.2) is 36.5 Å². The zero-order valence-corrected chi connectivity index (χ0v) is 17.0. The Balaban J connectivity index is 0.00000169. The molecule has 26 heavy (non-hydrogen) atoms. The Morgan fingerprint density at radius 1 is 1.19 bits per heavy atom. The fourth-order valence-corrected chi connectivity index (χ4v) is 3.59. The van der Waals surface area contributed by atoms with Gasteiger partial charge >= 0.3 is 0 Å². The molecule has 0 spiro atoms. The number of fused-ring (bicyclic) bond motifs is 1. The molecule has 0 unspecified atom stereocenters. The highest BCUT2D eigenvalue weighted by molar-refractivity contribution is 5.85. The summed E-state index contributed by atoms with van der Waals surface area (Å²) in [6.07, 6.45) is 6.74.